The van der Waals surface area contributed by atoms with Crippen LogP contribution in [0.3, 0.4) is 0 Å². The molecule has 4 heteroatoms. The number of hydrogen-bond donors (Lipinski definition) is 0. The first-order chi connectivity index (χ1) is 12.7. The molecule has 4 nitrogen and oxygen atoms in total. The van der Waals surface area contributed by atoms with Crippen LogP contribution >= 0.6 is 0 Å². The summed E-state index contributed by atoms with van der Waals surface area (Å²) in [4.78, 5) is 11.3. The van der Waals surface area contributed by atoms with Crippen LogP contribution in [0, 0.1) is 12.3 Å². The number of carbonyl (C=O) groups is 1. The molecule has 2 unspecified atom stereocenters. The van der Waals surface area contributed by atoms with E-state index in [1.165, 1.54) is 24.9 Å². The Morgan fingerprint density at radius 1 is 1.15 bits per heavy atom. The van der Waals surface area contributed by atoms with E-state index in [4.69, 9.17) is 0 Å². The average Bonchev–Trinajstić information content (AvgIpc) is 2.85. The molecule has 4 bridgehead atoms. The van der Waals surface area contributed by atoms with Crippen molar-refractivity contribution in [3.8, 4) is 0 Å². The second-order valence-corrected chi connectivity index (χ2v) is 6.81. The van der Waals surface area contributed by atoms with Gasteiger partial charge in [-0.15, -0.1) is 0 Å². The number of ether oxygens (including phenoxy) is 1. The molecule has 4 aliphatic rings. The lowest BCUT2D eigenvalue weighted by Crippen LogP contribution is -2.68. The van der Waals surface area contributed by atoms with E-state index in [1.807, 2.05) is 18.2 Å². The first-order valence-corrected chi connectivity index (χ1v) is 9.24. The summed E-state index contributed by atoms with van der Waals surface area (Å²) in [5, 5.41) is 4.84. The van der Waals surface area contributed by atoms with Crippen LogP contribution in [0.15, 0.2) is 48.5 Å². The van der Waals surface area contributed by atoms with E-state index in [9.17, 15) is 4.79 Å². The molecule has 0 saturated carbocycles. The van der Waals surface area contributed by atoms with E-state index in [0.717, 1.165) is 24.9 Å². The number of anilines is 1. The smallest absolute Gasteiger partial charge is 0.338 e. The Labute approximate surface area is 155 Å². The maximum atomic E-state index is 11.3. The maximum Gasteiger partial charge on any atom is 0.338 e. The molecule has 4 aliphatic heterocycles. The molecule has 3 saturated heterocycles. The molecule has 3 fully saturated rings. The second kappa shape index (κ2) is 7.12. The zero-order valence-corrected chi connectivity index (χ0v) is 15.3. The number of esters is 1. The molecule has 0 spiro atoms. The van der Waals surface area contributed by atoms with Crippen LogP contribution in [0.1, 0.15) is 34.8 Å². The summed E-state index contributed by atoms with van der Waals surface area (Å²) >= 11 is 0. The van der Waals surface area contributed by atoms with Crippen LogP contribution < -0.4 is 5.01 Å². The first kappa shape index (κ1) is 17.1. The van der Waals surface area contributed by atoms with Crippen molar-refractivity contribution in [2.45, 2.75) is 25.8 Å². The minimum absolute atomic E-state index is 0.246. The lowest BCUT2D eigenvalue weighted by Gasteiger charge is -2.54. The first-order valence-electron chi connectivity index (χ1n) is 9.24. The van der Waals surface area contributed by atoms with E-state index in [2.05, 4.69) is 52.4 Å². The Balaban J connectivity index is 0.000000129. The number of para-hydroxylation sites is 1. The van der Waals surface area contributed by atoms with Crippen molar-refractivity contribution >= 4 is 11.7 Å². The van der Waals surface area contributed by atoms with Crippen molar-refractivity contribution in [3.05, 3.63) is 77.6 Å². The highest BCUT2D eigenvalue weighted by atomic mass is 16.5. The average molecular weight is 348 g/mol. The standard InChI is InChI=1S/C11H10N2.C11H14O2/c1-2-4-10-8(3-1)9-5-6-12-7-11(9)13(10)12;1-3-6-9-7-4-5-8-10(9)11(12)13-2/h1-5,11H,6-7H2;4-5,7-8H,3,6H2,1-2H3. The van der Waals surface area contributed by atoms with Crippen molar-refractivity contribution in [2.24, 2.45) is 0 Å². The number of rotatable bonds is 3. The van der Waals surface area contributed by atoms with Crippen LogP contribution in [0.5, 0.6) is 0 Å². The molecule has 0 aliphatic carbocycles. The zero-order valence-electron chi connectivity index (χ0n) is 15.3. The van der Waals surface area contributed by atoms with Crippen molar-refractivity contribution in [3.63, 3.8) is 0 Å². The summed E-state index contributed by atoms with van der Waals surface area (Å²) in [6.07, 6.45) is 4.33. The topological polar surface area (TPSA) is 32.8 Å². The fraction of sp³-hybridized carbons (Fsp3) is 0.318. The second-order valence-electron chi connectivity index (χ2n) is 6.81. The molecule has 2 atom stereocenters. The molecule has 2 aromatic carbocycles. The summed E-state index contributed by atoms with van der Waals surface area (Å²) in [6, 6.07) is 17.0. The third-order valence-electron chi connectivity index (χ3n) is 5.27. The monoisotopic (exact) mass is 348 g/mol. The molecule has 0 aromatic heterocycles. The molecule has 0 amide bonds. The lowest BCUT2D eigenvalue weighted by atomic mass is 9.87. The quantitative estimate of drug-likeness (QED) is 0.793. The molecule has 134 valence electrons. The van der Waals surface area contributed by atoms with Gasteiger partial charge >= 0.3 is 5.97 Å². The molecule has 6 rings (SSSR count). The van der Waals surface area contributed by atoms with Gasteiger partial charge in [0.25, 0.3) is 0 Å². The largest absolute Gasteiger partial charge is 0.465 e. The number of methoxy groups -OCH3 is 1. The highest BCUT2D eigenvalue weighted by Crippen LogP contribution is 2.50. The maximum absolute atomic E-state index is 11.3. The van der Waals surface area contributed by atoms with Crippen molar-refractivity contribution in [2.75, 3.05) is 25.2 Å². The normalized spacial score (nSPS) is 22.0. The minimum atomic E-state index is -0.246. The number of aryl methyl sites for hydroxylation is 1. The Bertz CT molecular complexity index is 777. The number of hydrogen-bond acceptors (Lipinski definition) is 4. The van der Waals surface area contributed by atoms with Gasteiger partial charge in [-0.2, -0.15) is 0 Å². The van der Waals surface area contributed by atoms with Gasteiger partial charge in [0.05, 0.1) is 24.4 Å². The van der Waals surface area contributed by atoms with E-state index in [0.29, 0.717) is 11.6 Å². The van der Waals surface area contributed by atoms with Crippen LogP contribution in [0.4, 0.5) is 5.69 Å². The van der Waals surface area contributed by atoms with Gasteiger partial charge in [0.15, 0.2) is 0 Å². The SMILES string of the molecule is CCCc1ccccc1C(=O)OC.[CH]1CN2CC3[C]1c1ccccc1N32. The Morgan fingerprint density at radius 3 is 2.69 bits per heavy atom. The lowest BCUT2D eigenvalue weighted by molar-refractivity contribution is 0.0599. The molecule has 2 aromatic rings. The van der Waals surface area contributed by atoms with E-state index in [-0.39, 0.29) is 5.97 Å². The van der Waals surface area contributed by atoms with Gasteiger partial charge in [0.1, 0.15) is 0 Å². The fourth-order valence-corrected chi connectivity index (χ4v) is 4.04. The van der Waals surface area contributed by atoms with E-state index in [1.54, 1.807) is 12.0 Å². The van der Waals surface area contributed by atoms with Gasteiger partial charge in [-0.25, -0.2) is 9.80 Å². The Morgan fingerprint density at radius 2 is 1.92 bits per heavy atom. The summed E-state index contributed by atoms with van der Waals surface area (Å²) in [6.45, 7) is 4.41. The summed E-state index contributed by atoms with van der Waals surface area (Å²) in [7, 11) is 1.41. The van der Waals surface area contributed by atoms with Crippen molar-refractivity contribution < 1.29 is 9.53 Å². The van der Waals surface area contributed by atoms with Crippen molar-refractivity contribution in [1.29, 1.82) is 0 Å². The zero-order chi connectivity index (χ0) is 18.1. The van der Waals surface area contributed by atoms with Crippen LogP contribution in [-0.4, -0.2) is 37.2 Å². The molecular weight excluding hydrogens is 324 g/mol. The molecule has 0 N–H and O–H groups in total. The van der Waals surface area contributed by atoms with Gasteiger partial charge in [-0.05, 0) is 36.1 Å². The van der Waals surface area contributed by atoms with E-state index >= 15 is 0 Å². The third-order valence-corrected chi connectivity index (χ3v) is 5.27. The summed E-state index contributed by atoms with van der Waals surface area (Å²) in [5.41, 5.74) is 4.61. The highest BCUT2D eigenvalue weighted by molar-refractivity contribution is 5.90. The van der Waals surface area contributed by atoms with Gasteiger partial charge in [-0.1, -0.05) is 49.7 Å². The number of piperidine rings is 1. The fourth-order valence-electron chi connectivity index (χ4n) is 4.04. The number of fused-ring (bicyclic) bond motifs is 2. The van der Waals surface area contributed by atoms with Gasteiger partial charge < -0.3 is 9.75 Å². The van der Waals surface area contributed by atoms with Gasteiger partial charge in [-0.3, -0.25) is 0 Å². The number of benzene rings is 2. The number of hydrazine groups is 1. The van der Waals surface area contributed by atoms with Gasteiger partial charge in [0, 0.05) is 19.0 Å². The summed E-state index contributed by atoms with van der Waals surface area (Å²) in [5.74, 6) is 1.31. The van der Waals surface area contributed by atoms with E-state index < -0.39 is 0 Å². The van der Waals surface area contributed by atoms with Crippen molar-refractivity contribution in [1.82, 2.24) is 5.01 Å². The Kier molecular flexibility index (Phi) is 4.68. The predicted octanol–water partition coefficient (Wildman–Crippen LogP) is 3.67. The van der Waals surface area contributed by atoms with Crippen LogP contribution in [-0.2, 0) is 11.2 Å². The van der Waals surface area contributed by atoms with Crippen LogP contribution in [0.25, 0.3) is 0 Å². The third kappa shape index (κ3) is 2.78. The van der Waals surface area contributed by atoms with Crippen LogP contribution in [0.2, 0.25) is 0 Å². The molecule has 4 heterocycles. The molecular formula is C22H24N2O2. The summed E-state index contributed by atoms with van der Waals surface area (Å²) < 4.78 is 4.68. The predicted molar refractivity (Wildman–Crippen MR) is 103 cm³/mol. The minimum Gasteiger partial charge on any atom is -0.465 e. The number of carbonyl (C=O) groups excluding carboxylic acids is 1. The highest BCUT2D eigenvalue weighted by Gasteiger charge is 2.52. The molecule has 26 heavy (non-hydrogen) atoms. The Hall–Kier alpha value is -2.33. The molecule has 2 radical (unpaired) electrons. The number of nitrogens with zero attached hydrogens (tertiary/aromatic N) is 2. The van der Waals surface area contributed by atoms with Gasteiger partial charge in [0.2, 0.25) is 0 Å².